The second-order valence-electron chi connectivity index (χ2n) is 3.91. The van der Waals surface area contributed by atoms with Crippen molar-refractivity contribution in [2.24, 2.45) is 19.9 Å². The molecule has 0 amide bonds. The van der Waals surface area contributed by atoms with Gasteiger partial charge in [0.15, 0.2) is 0 Å². The molecule has 0 saturated heterocycles. The van der Waals surface area contributed by atoms with Crippen LogP contribution < -0.4 is 11.3 Å². The second-order valence-corrected chi connectivity index (χ2v) is 4.76. The number of hydrogen-bond acceptors (Lipinski definition) is 4. The molecule has 7 heteroatoms. The molecular formula is C10H15BrN6. The highest BCUT2D eigenvalue weighted by atomic mass is 79.9. The van der Waals surface area contributed by atoms with E-state index in [-0.39, 0.29) is 6.04 Å². The van der Waals surface area contributed by atoms with E-state index >= 15 is 0 Å². The molecule has 2 aromatic rings. The average Bonchev–Trinajstić information content (AvgIpc) is 2.79. The van der Waals surface area contributed by atoms with Gasteiger partial charge >= 0.3 is 0 Å². The highest BCUT2D eigenvalue weighted by Crippen LogP contribution is 2.28. The van der Waals surface area contributed by atoms with E-state index in [9.17, 15) is 0 Å². The fraction of sp³-hybridized carbons (Fsp3) is 0.400. The van der Waals surface area contributed by atoms with Crippen LogP contribution in [0, 0.1) is 6.92 Å². The zero-order valence-electron chi connectivity index (χ0n) is 9.98. The lowest BCUT2D eigenvalue weighted by atomic mass is 10.1. The molecule has 3 N–H and O–H groups in total. The van der Waals surface area contributed by atoms with E-state index < -0.39 is 0 Å². The molecule has 0 aliphatic carbocycles. The van der Waals surface area contributed by atoms with Crippen LogP contribution in [0.15, 0.2) is 16.9 Å². The van der Waals surface area contributed by atoms with Crippen LogP contribution in [0.25, 0.3) is 0 Å². The highest BCUT2D eigenvalue weighted by Gasteiger charge is 2.22. The molecule has 0 fully saturated rings. The molecule has 6 nitrogen and oxygen atoms in total. The van der Waals surface area contributed by atoms with Crippen LogP contribution in [0.5, 0.6) is 0 Å². The molecule has 1 unspecified atom stereocenters. The van der Waals surface area contributed by atoms with E-state index in [0.29, 0.717) is 0 Å². The zero-order chi connectivity index (χ0) is 12.6. The van der Waals surface area contributed by atoms with Crippen LogP contribution in [0.4, 0.5) is 0 Å². The number of rotatable bonds is 3. The summed E-state index contributed by atoms with van der Waals surface area (Å²) in [6, 6.07) is -0.134. The number of nitrogens with one attached hydrogen (secondary N) is 1. The monoisotopic (exact) mass is 298 g/mol. The van der Waals surface area contributed by atoms with Crippen LogP contribution in [-0.4, -0.2) is 19.6 Å². The third kappa shape index (κ3) is 2.01. The topological polar surface area (TPSA) is 73.7 Å². The van der Waals surface area contributed by atoms with Crippen molar-refractivity contribution in [3.8, 4) is 0 Å². The number of nitrogens with two attached hydrogens (primary N) is 1. The molecule has 17 heavy (non-hydrogen) atoms. The first-order chi connectivity index (χ1) is 8.06. The van der Waals surface area contributed by atoms with E-state index in [0.717, 1.165) is 21.4 Å². The molecule has 0 saturated carbocycles. The van der Waals surface area contributed by atoms with E-state index in [1.165, 1.54) is 0 Å². The van der Waals surface area contributed by atoms with Crippen molar-refractivity contribution >= 4 is 15.9 Å². The maximum atomic E-state index is 5.66. The zero-order valence-corrected chi connectivity index (χ0v) is 11.6. The van der Waals surface area contributed by atoms with Gasteiger partial charge in [-0.3, -0.25) is 15.2 Å². The Morgan fingerprint density at radius 2 is 1.94 bits per heavy atom. The fourth-order valence-electron chi connectivity index (χ4n) is 1.86. The van der Waals surface area contributed by atoms with Crippen molar-refractivity contribution in [1.29, 1.82) is 0 Å². The number of aromatic nitrogens is 4. The number of halogens is 1. The summed E-state index contributed by atoms with van der Waals surface area (Å²) in [5.74, 6) is 5.66. The number of nitrogens with zero attached hydrogens (tertiary/aromatic N) is 4. The molecule has 0 spiro atoms. The summed E-state index contributed by atoms with van der Waals surface area (Å²) in [7, 11) is 3.79. The van der Waals surface area contributed by atoms with Gasteiger partial charge in [0, 0.05) is 25.4 Å². The molecule has 2 rings (SSSR count). The SMILES string of the molecule is Cc1c(C(NN)c2c(Br)cnn2C)cnn1C. The largest absolute Gasteiger partial charge is 0.273 e. The first-order valence-corrected chi connectivity index (χ1v) is 5.97. The summed E-state index contributed by atoms with van der Waals surface area (Å²) < 4.78 is 4.54. The van der Waals surface area contributed by atoms with Crippen LogP contribution in [0.2, 0.25) is 0 Å². The van der Waals surface area contributed by atoms with Gasteiger partial charge in [0.25, 0.3) is 0 Å². The van der Waals surface area contributed by atoms with Gasteiger partial charge in [-0.15, -0.1) is 0 Å². The molecule has 0 radical (unpaired) electrons. The molecule has 92 valence electrons. The summed E-state index contributed by atoms with van der Waals surface area (Å²) in [5.41, 5.74) is 5.90. The van der Waals surface area contributed by atoms with Crippen LogP contribution in [0.3, 0.4) is 0 Å². The van der Waals surface area contributed by atoms with Crippen LogP contribution >= 0.6 is 15.9 Å². The van der Waals surface area contributed by atoms with Crippen molar-refractivity contribution in [3.63, 3.8) is 0 Å². The van der Waals surface area contributed by atoms with Gasteiger partial charge < -0.3 is 0 Å². The summed E-state index contributed by atoms with van der Waals surface area (Å²) in [6.07, 6.45) is 3.57. The average molecular weight is 299 g/mol. The maximum Gasteiger partial charge on any atom is 0.0922 e. The minimum Gasteiger partial charge on any atom is -0.273 e. The van der Waals surface area contributed by atoms with E-state index in [2.05, 4.69) is 31.6 Å². The Morgan fingerprint density at radius 1 is 1.29 bits per heavy atom. The molecular weight excluding hydrogens is 284 g/mol. The van der Waals surface area contributed by atoms with E-state index in [1.807, 2.05) is 31.9 Å². The minimum atomic E-state index is -0.134. The summed E-state index contributed by atoms with van der Waals surface area (Å²) in [4.78, 5) is 0. The van der Waals surface area contributed by atoms with Crippen molar-refractivity contribution in [2.75, 3.05) is 0 Å². The predicted octanol–water partition coefficient (Wildman–Crippen LogP) is 0.777. The Bertz CT molecular complexity index is 509. The lowest BCUT2D eigenvalue weighted by Crippen LogP contribution is -2.31. The molecule has 2 aromatic heterocycles. The number of hydrogen-bond donors (Lipinski definition) is 2. The van der Waals surface area contributed by atoms with Gasteiger partial charge in [0.1, 0.15) is 0 Å². The Morgan fingerprint density at radius 3 is 2.35 bits per heavy atom. The molecule has 0 aliphatic rings. The minimum absolute atomic E-state index is 0.134. The molecule has 0 aromatic carbocycles. The van der Waals surface area contributed by atoms with Crippen molar-refractivity contribution < 1.29 is 0 Å². The Hall–Kier alpha value is -1.18. The van der Waals surface area contributed by atoms with Gasteiger partial charge in [-0.1, -0.05) is 0 Å². The van der Waals surface area contributed by atoms with Crippen molar-refractivity contribution in [2.45, 2.75) is 13.0 Å². The summed E-state index contributed by atoms with van der Waals surface area (Å²) in [5, 5.41) is 8.42. The van der Waals surface area contributed by atoms with E-state index in [4.69, 9.17) is 5.84 Å². The van der Waals surface area contributed by atoms with Crippen LogP contribution in [0.1, 0.15) is 23.0 Å². The summed E-state index contributed by atoms with van der Waals surface area (Å²) in [6.45, 7) is 2.01. The van der Waals surface area contributed by atoms with Crippen LogP contribution in [-0.2, 0) is 14.1 Å². The fourth-order valence-corrected chi connectivity index (χ4v) is 2.44. The first kappa shape index (κ1) is 12.3. The normalized spacial score (nSPS) is 13.0. The Kier molecular flexibility index (Phi) is 3.32. The molecule has 1 atom stereocenters. The highest BCUT2D eigenvalue weighted by molar-refractivity contribution is 9.10. The van der Waals surface area contributed by atoms with Gasteiger partial charge in [-0.2, -0.15) is 10.2 Å². The lowest BCUT2D eigenvalue weighted by Gasteiger charge is -2.16. The van der Waals surface area contributed by atoms with Crippen molar-refractivity contribution in [1.82, 2.24) is 25.0 Å². The third-order valence-electron chi connectivity index (χ3n) is 2.96. The van der Waals surface area contributed by atoms with Gasteiger partial charge in [0.2, 0.25) is 0 Å². The lowest BCUT2D eigenvalue weighted by molar-refractivity contribution is 0.569. The van der Waals surface area contributed by atoms with Gasteiger partial charge in [-0.25, -0.2) is 5.43 Å². The first-order valence-electron chi connectivity index (χ1n) is 5.18. The molecule has 0 bridgehead atoms. The number of hydrazine groups is 1. The molecule has 2 heterocycles. The standard InChI is InChI=1S/C10H15BrN6/c1-6-7(4-13-16(6)2)9(15-12)10-8(11)5-14-17(10)3/h4-5,9,15H,12H2,1-3H3. The smallest absolute Gasteiger partial charge is 0.0922 e. The quantitative estimate of drug-likeness (QED) is 0.649. The Labute approximate surface area is 108 Å². The maximum absolute atomic E-state index is 5.66. The molecule has 0 aliphatic heterocycles. The summed E-state index contributed by atoms with van der Waals surface area (Å²) >= 11 is 3.48. The third-order valence-corrected chi connectivity index (χ3v) is 3.57. The number of aryl methyl sites for hydroxylation is 2. The predicted molar refractivity (Wildman–Crippen MR) is 68.0 cm³/mol. The second kappa shape index (κ2) is 4.59. The Balaban J connectivity index is 2.51. The van der Waals surface area contributed by atoms with Gasteiger partial charge in [0.05, 0.1) is 28.6 Å². The van der Waals surface area contributed by atoms with Crippen molar-refractivity contribution in [3.05, 3.63) is 33.8 Å². The van der Waals surface area contributed by atoms with Gasteiger partial charge in [-0.05, 0) is 22.9 Å². The van der Waals surface area contributed by atoms with E-state index in [1.54, 1.807) is 10.9 Å².